The SMILES string of the molecule is CCCc1ccc(CC[C@H](CC(CCCCC(=O)N2CCCCC2)C(=O)O)C(=O)N[C@@H](CC(C)C)C(=O)Nc2ccccc2)cc1. The summed E-state index contributed by atoms with van der Waals surface area (Å²) in [6.45, 7) is 7.79. The van der Waals surface area contributed by atoms with E-state index in [9.17, 15) is 24.3 Å². The van der Waals surface area contributed by atoms with Crippen molar-refractivity contribution in [2.24, 2.45) is 17.8 Å². The summed E-state index contributed by atoms with van der Waals surface area (Å²) >= 11 is 0. The molecule has 8 nitrogen and oxygen atoms in total. The van der Waals surface area contributed by atoms with Crippen LogP contribution in [0.15, 0.2) is 54.6 Å². The first kappa shape index (κ1) is 36.8. The van der Waals surface area contributed by atoms with Crippen molar-refractivity contribution >= 4 is 29.4 Å². The van der Waals surface area contributed by atoms with E-state index in [1.165, 1.54) is 12.0 Å². The minimum atomic E-state index is -0.926. The minimum absolute atomic E-state index is 0.152. The monoisotopic (exact) mass is 633 g/mol. The van der Waals surface area contributed by atoms with Crippen LogP contribution in [-0.4, -0.2) is 52.8 Å². The molecule has 1 fully saturated rings. The van der Waals surface area contributed by atoms with Crippen LogP contribution in [0.25, 0.3) is 0 Å². The van der Waals surface area contributed by atoms with E-state index in [0.29, 0.717) is 50.6 Å². The number of amides is 3. The van der Waals surface area contributed by atoms with Gasteiger partial charge in [-0.1, -0.05) is 76.1 Å². The molecule has 3 atom stereocenters. The van der Waals surface area contributed by atoms with Gasteiger partial charge in [0.25, 0.3) is 0 Å². The van der Waals surface area contributed by atoms with E-state index < -0.39 is 23.8 Å². The van der Waals surface area contributed by atoms with Crippen molar-refractivity contribution in [3.05, 3.63) is 65.7 Å². The zero-order valence-corrected chi connectivity index (χ0v) is 28.1. The van der Waals surface area contributed by atoms with Gasteiger partial charge in [-0.05, 0) is 93.4 Å². The summed E-state index contributed by atoms with van der Waals surface area (Å²) in [6, 6.07) is 16.8. The lowest BCUT2D eigenvalue weighted by molar-refractivity contribution is -0.143. The molecule has 2 aromatic rings. The van der Waals surface area contributed by atoms with Crippen LogP contribution in [0.3, 0.4) is 0 Å². The second-order valence-corrected chi connectivity index (χ2v) is 13.3. The number of carboxylic acids is 1. The smallest absolute Gasteiger partial charge is 0.306 e. The Bertz CT molecular complexity index is 1220. The first-order valence-corrected chi connectivity index (χ1v) is 17.4. The van der Waals surface area contributed by atoms with Gasteiger partial charge in [0.1, 0.15) is 6.04 Å². The highest BCUT2D eigenvalue weighted by molar-refractivity contribution is 5.97. The van der Waals surface area contributed by atoms with Crippen molar-refractivity contribution in [2.75, 3.05) is 18.4 Å². The number of carbonyl (C=O) groups is 4. The van der Waals surface area contributed by atoms with Crippen LogP contribution in [-0.2, 0) is 32.0 Å². The molecule has 8 heteroatoms. The van der Waals surface area contributed by atoms with Crippen molar-refractivity contribution in [3.63, 3.8) is 0 Å². The quantitative estimate of drug-likeness (QED) is 0.144. The molecule has 1 aliphatic rings. The fraction of sp³-hybridized carbons (Fsp3) is 0.579. The topological polar surface area (TPSA) is 116 Å². The highest BCUT2D eigenvalue weighted by Gasteiger charge is 2.30. The van der Waals surface area contributed by atoms with Crippen molar-refractivity contribution in [1.29, 1.82) is 0 Å². The maximum atomic E-state index is 13.9. The van der Waals surface area contributed by atoms with Crippen LogP contribution in [0, 0.1) is 17.8 Å². The van der Waals surface area contributed by atoms with Gasteiger partial charge in [-0.15, -0.1) is 0 Å². The molecule has 252 valence electrons. The number of aliphatic carboxylic acids is 1. The maximum absolute atomic E-state index is 13.9. The molecule has 1 saturated heterocycles. The molecule has 3 rings (SSSR count). The highest BCUT2D eigenvalue weighted by atomic mass is 16.4. The van der Waals surface area contributed by atoms with Crippen LogP contribution in [0.2, 0.25) is 0 Å². The average molecular weight is 634 g/mol. The van der Waals surface area contributed by atoms with Gasteiger partial charge < -0.3 is 20.6 Å². The van der Waals surface area contributed by atoms with E-state index in [0.717, 1.165) is 44.3 Å². The zero-order chi connectivity index (χ0) is 33.3. The molecule has 0 aliphatic carbocycles. The van der Waals surface area contributed by atoms with E-state index >= 15 is 0 Å². The van der Waals surface area contributed by atoms with Gasteiger partial charge in [-0.3, -0.25) is 19.2 Å². The molecule has 0 spiro atoms. The number of aryl methyl sites for hydroxylation is 2. The molecular weight excluding hydrogens is 578 g/mol. The Balaban J connectivity index is 1.69. The van der Waals surface area contributed by atoms with Gasteiger partial charge in [0.15, 0.2) is 0 Å². The van der Waals surface area contributed by atoms with Gasteiger partial charge in [0.2, 0.25) is 17.7 Å². The van der Waals surface area contributed by atoms with Crippen molar-refractivity contribution in [2.45, 2.75) is 110 Å². The summed E-state index contributed by atoms with van der Waals surface area (Å²) in [7, 11) is 0. The summed E-state index contributed by atoms with van der Waals surface area (Å²) in [5.41, 5.74) is 3.02. The fourth-order valence-electron chi connectivity index (χ4n) is 6.26. The Labute approximate surface area is 275 Å². The number of benzene rings is 2. The van der Waals surface area contributed by atoms with Crippen LogP contribution in [0.1, 0.15) is 103 Å². The number of piperidine rings is 1. The highest BCUT2D eigenvalue weighted by Crippen LogP contribution is 2.25. The predicted molar refractivity (Wildman–Crippen MR) is 183 cm³/mol. The molecule has 0 saturated carbocycles. The van der Waals surface area contributed by atoms with Crippen LogP contribution < -0.4 is 10.6 Å². The molecule has 1 aliphatic heterocycles. The molecular formula is C38H55N3O5. The minimum Gasteiger partial charge on any atom is -0.481 e. The first-order valence-electron chi connectivity index (χ1n) is 17.4. The molecule has 0 bridgehead atoms. The van der Waals surface area contributed by atoms with Gasteiger partial charge >= 0.3 is 5.97 Å². The number of carboxylic acid groups (broad SMARTS) is 1. The number of anilines is 1. The lowest BCUT2D eigenvalue weighted by Crippen LogP contribution is -2.47. The third kappa shape index (κ3) is 13.0. The summed E-state index contributed by atoms with van der Waals surface area (Å²) in [6.07, 6.45) is 9.17. The first-order chi connectivity index (χ1) is 22.2. The standard InChI is InChI=1S/C38H55N3O5/c1-4-13-29-18-20-30(21-19-29)22-23-31(27-32(38(45)46)14-9-10-17-35(42)41-24-11-6-12-25-41)36(43)40-34(26-28(2)3)37(44)39-33-15-7-5-8-16-33/h5,7-8,15-16,18-21,28,31-32,34H,4,6,9-14,17,22-27H2,1-3H3,(H,39,44)(H,40,43)(H,45,46)/t31-,32?,34+/m1/s1. The van der Waals surface area contributed by atoms with E-state index in [1.807, 2.05) is 36.9 Å². The maximum Gasteiger partial charge on any atom is 0.306 e. The third-order valence-electron chi connectivity index (χ3n) is 8.92. The van der Waals surface area contributed by atoms with E-state index in [2.05, 4.69) is 41.8 Å². The number of hydrogen-bond acceptors (Lipinski definition) is 4. The van der Waals surface area contributed by atoms with Crippen LogP contribution in [0.4, 0.5) is 5.69 Å². The molecule has 0 aromatic heterocycles. The molecule has 1 heterocycles. The Morgan fingerprint density at radius 3 is 2.04 bits per heavy atom. The van der Waals surface area contributed by atoms with Gasteiger partial charge in [-0.25, -0.2) is 0 Å². The predicted octanol–water partition coefficient (Wildman–Crippen LogP) is 7.02. The van der Waals surface area contributed by atoms with E-state index in [1.54, 1.807) is 12.1 Å². The normalized spacial score (nSPS) is 15.2. The number of carbonyl (C=O) groups excluding carboxylic acids is 3. The summed E-state index contributed by atoms with van der Waals surface area (Å²) < 4.78 is 0. The van der Waals surface area contributed by atoms with Gasteiger partial charge in [0, 0.05) is 31.1 Å². The molecule has 46 heavy (non-hydrogen) atoms. The van der Waals surface area contributed by atoms with E-state index in [4.69, 9.17) is 0 Å². The lowest BCUT2D eigenvalue weighted by Gasteiger charge is -2.27. The zero-order valence-electron chi connectivity index (χ0n) is 28.1. The molecule has 1 unspecified atom stereocenters. The number of rotatable bonds is 19. The fourth-order valence-corrected chi connectivity index (χ4v) is 6.26. The number of unbranched alkanes of at least 4 members (excludes halogenated alkanes) is 1. The summed E-state index contributed by atoms with van der Waals surface area (Å²) in [5, 5.41) is 16.1. The largest absolute Gasteiger partial charge is 0.481 e. The third-order valence-corrected chi connectivity index (χ3v) is 8.92. The number of nitrogens with zero attached hydrogens (tertiary/aromatic N) is 1. The average Bonchev–Trinajstić information content (AvgIpc) is 3.04. The number of hydrogen-bond donors (Lipinski definition) is 3. The molecule has 3 N–H and O–H groups in total. The van der Waals surface area contributed by atoms with E-state index in [-0.39, 0.29) is 30.1 Å². The summed E-state index contributed by atoms with van der Waals surface area (Å²) in [4.78, 5) is 54.1. The molecule has 2 aromatic carbocycles. The van der Waals surface area contributed by atoms with Crippen LogP contribution >= 0.6 is 0 Å². The van der Waals surface area contributed by atoms with Crippen LogP contribution in [0.5, 0.6) is 0 Å². The Morgan fingerprint density at radius 2 is 1.43 bits per heavy atom. The van der Waals surface area contributed by atoms with Crippen molar-refractivity contribution < 1.29 is 24.3 Å². The van der Waals surface area contributed by atoms with Crippen molar-refractivity contribution in [3.8, 4) is 0 Å². The van der Waals surface area contributed by atoms with Crippen molar-refractivity contribution in [1.82, 2.24) is 10.2 Å². The molecule has 3 amide bonds. The Morgan fingerprint density at radius 1 is 0.783 bits per heavy atom. The number of nitrogens with one attached hydrogen (secondary N) is 2. The Hall–Kier alpha value is -3.68. The van der Waals surface area contributed by atoms with Gasteiger partial charge in [0.05, 0.1) is 5.92 Å². The Kier molecular flexibility index (Phi) is 15.8. The lowest BCUT2D eigenvalue weighted by atomic mass is 9.85. The van der Waals surface area contributed by atoms with Gasteiger partial charge in [-0.2, -0.15) is 0 Å². The summed E-state index contributed by atoms with van der Waals surface area (Å²) in [5.74, 6) is -2.48. The molecule has 0 radical (unpaired) electrons. The second-order valence-electron chi connectivity index (χ2n) is 13.3. The second kappa shape index (κ2) is 19.7. The number of likely N-dealkylation sites (tertiary alicyclic amines) is 1. The number of para-hydroxylation sites is 1.